The Balaban J connectivity index is 3.28. The van der Waals surface area contributed by atoms with E-state index < -0.39 is 27.4 Å². The summed E-state index contributed by atoms with van der Waals surface area (Å²) >= 11 is 0.492. The molecule has 0 aliphatic carbocycles. The normalized spacial score (nSPS) is 24.1. The zero-order valence-electron chi connectivity index (χ0n) is 18.0. The van der Waals surface area contributed by atoms with Crippen LogP contribution in [0.3, 0.4) is 0 Å². The van der Waals surface area contributed by atoms with Crippen molar-refractivity contribution in [3.8, 4) is 0 Å². The molecule has 1 rings (SSSR count). The standard InChI is InChI=1S/2C4H10P.2C4H9.2ClH.6Ti/c2*1-2-3-4-5;2*1-4(2)3;;;;;;;;/h2*5H,2-4H2,1H3;2*1-3H3;2*1H;;;;;;/q2*-1;;;;;;;;;+1;+3/p-2. The van der Waals surface area contributed by atoms with E-state index in [0.29, 0.717) is 20.2 Å². The van der Waals surface area contributed by atoms with Gasteiger partial charge in [0.2, 0.25) is 0 Å². The Bertz CT molecular complexity index is 451. The van der Waals surface area contributed by atoms with Crippen molar-refractivity contribution < 1.29 is 65.6 Å². The van der Waals surface area contributed by atoms with Gasteiger partial charge in [-0.05, 0) is 0 Å². The van der Waals surface area contributed by atoms with Crippen LogP contribution in [0.15, 0.2) is 0 Å². The van der Waals surface area contributed by atoms with Crippen LogP contribution in [0.5, 0.6) is 0 Å². The molecule has 0 spiro atoms. The maximum absolute atomic E-state index is 7.86. The summed E-state index contributed by atoms with van der Waals surface area (Å²) < 4.78 is 1.20. The molecule has 1 heterocycles. The topological polar surface area (TPSA) is 0 Å². The van der Waals surface area contributed by atoms with E-state index in [2.05, 4.69) is 55.4 Å². The zero-order chi connectivity index (χ0) is 20.3. The average molecular weight is 651 g/mol. The molecular formula is C16H38Cl2P2Ti6. The summed E-state index contributed by atoms with van der Waals surface area (Å²) in [5.41, 5.74) is 0. The predicted octanol–water partition coefficient (Wildman–Crippen LogP) is 8.73. The van der Waals surface area contributed by atoms with Crippen molar-refractivity contribution in [1.29, 1.82) is 0 Å². The van der Waals surface area contributed by atoms with Crippen LogP contribution >= 0.6 is 31.8 Å². The molecule has 0 aromatic rings. The fourth-order valence-electron chi connectivity index (χ4n) is 3.76. The molecule has 1 aliphatic rings. The second kappa shape index (κ2) is 11.9. The van der Waals surface area contributed by atoms with Crippen molar-refractivity contribution in [3.05, 3.63) is 0 Å². The summed E-state index contributed by atoms with van der Waals surface area (Å²) in [5.74, 6) is 0. The average Bonchev–Trinajstić information content (AvgIpc) is 2.44. The van der Waals surface area contributed by atoms with Gasteiger partial charge in [-0.15, -0.1) is 0 Å². The Morgan fingerprint density at radius 1 is 0.923 bits per heavy atom. The van der Waals surface area contributed by atoms with Gasteiger partial charge in [-0.3, -0.25) is 0 Å². The number of rotatable bonds is 8. The van der Waals surface area contributed by atoms with Crippen molar-refractivity contribution in [3.63, 3.8) is 0 Å². The quantitative estimate of drug-likeness (QED) is 0.140. The SMILES string of the molecule is CCCC[PH][Ti]1[Ti][Ti]([C](C)(C)C)([C](C)(C)C)[Ti][Ti]([Cl])([Cl])([PH]CCCC)[Ti]1. The van der Waals surface area contributed by atoms with Crippen LogP contribution in [0.1, 0.15) is 81.1 Å². The summed E-state index contributed by atoms with van der Waals surface area (Å²) in [6.07, 6.45) is 5.47. The van der Waals surface area contributed by atoms with Gasteiger partial charge >= 0.3 is 198 Å². The van der Waals surface area contributed by atoms with Crippen molar-refractivity contribution in [2.24, 2.45) is 0 Å². The molecule has 2 unspecified atom stereocenters. The predicted molar refractivity (Wildman–Crippen MR) is 107 cm³/mol. The van der Waals surface area contributed by atoms with Crippen LogP contribution in [0, 0.1) is 0 Å². The molecule has 26 heavy (non-hydrogen) atoms. The first-order valence-electron chi connectivity index (χ1n) is 10.00. The van der Waals surface area contributed by atoms with E-state index in [1.165, 1.54) is 38.4 Å². The fourth-order valence-corrected chi connectivity index (χ4v) is 659. The molecule has 0 saturated carbocycles. The van der Waals surface area contributed by atoms with Crippen LogP contribution < -0.4 is 0 Å². The Hall–Kier alpha value is 5.73. The second-order valence-electron chi connectivity index (χ2n) is 9.57. The van der Waals surface area contributed by atoms with Gasteiger partial charge in [0.25, 0.3) is 0 Å². The first kappa shape index (κ1) is 29.8. The number of hydrogen-bond acceptors (Lipinski definition) is 0. The van der Waals surface area contributed by atoms with E-state index >= 15 is 0 Å². The Kier molecular flexibility index (Phi) is 13.6. The third kappa shape index (κ3) is 8.50. The van der Waals surface area contributed by atoms with Gasteiger partial charge in [-0.25, -0.2) is 0 Å². The second-order valence-corrected chi connectivity index (χ2v) is 133. The van der Waals surface area contributed by atoms with Gasteiger partial charge in [-0.1, -0.05) is 0 Å². The molecule has 2 atom stereocenters. The van der Waals surface area contributed by atoms with Gasteiger partial charge in [0, 0.05) is 0 Å². The van der Waals surface area contributed by atoms with Crippen LogP contribution in [0.25, 0.3) is 0 Å². The molecule has 1 aliphatic heterocycles. The summed E-state index contributed by atoms with van der Waals surface area (Å²) in [6, 6.07) is 0. The van der Waals surface area contributed by atoms with Gasteiger partial charge < -0.3 is 0 Å². The van der Waals surface area contributed by atoms with E-state index in [9.17, 15) is 0 Å². The zero-order valence-corrected chi connectivity index (χ0v) is 30.9. The minimum absolute atomic E-state index is 0.0146. The van der Waals surface area contributed by atoms with Crippen molar-refractivity contribution in [2.75, 3.05) is 12.3 Å². The molecule has 0 bridgehead atoms. The number of hydrogen-bond donors (Lipinski definition) is 0. The van der Waals surface area contributed by atoms with Crippen LogP contribution in [-0.4, -0.2) is 12.3 Å². The van der Waals surface area contributed by atoms with E-state index in [4.69, 9.17) is 18.6 Å². The first-order valence-corrected chi connectivity index (χ1v) is 47.0. The third-order valence-electron chi connectivity index (χ3n) is 5.11. The number of unbranched alkanes of at least 4 members (excludes halogenated alkanes) is 2. The van der Waals surface area contributed by atoms with Crippen LogP contribution in [0.2, 0.25) is 7.44 Å². The van der Waals surface area contributed by atoms with Crippen LogP contribution in [-0.2, 0) is 65.6 Å². The molecule has 1 fully saturated rings. The van der Waals surface area contributed by atoms with Gasteiger partial charge in [0.1, 0.15) is 0 Å². The van der Waals surface area contributed by atoms with Crippen molar-refractivity contribution >= 4 is 31.8 Å². The molecule has 1 saturated heterocycles. The molecule has 0 radical (unpaired) electrons. The summed E-state index contributed by atoms with van der Waals surface area (Å²) in [4.78, 5) is 0. The summed E-state index contributed by atoms with van der Waals surface area (Å²) in [6.45, 7) is 23.0. The number of halogens is 2. The van der Waals surface area contributed by atoms with Gasteiger partial charge in [0.15, 0.2) is 0 Å². The first-order chi connectivity index (χ1) is 11.7. The Morgan fingerprint density at radius 2 is 1.42 bits per heavy atom. The molecule has 150 valence electrons. The summed E-state index contributed by atoms with van der Waals surface area (Å²) in [7, 11) is 12.9. The molecule has 10 heteroatoms. The van der Waals surface area contributed by atoms with Gasteiger partial charge in [0.05, 0.1) is 0 Å². The van der Waals surface area contributed by atoms with Crippen molar-refractivity contribution in [1.82, 2.24) is 0 Å². The summed E-state index contributed by atoms with van der Waals surface area (Å²) in [5, 5.41) is 0. The fraction of sp³-hybridized carbons (Fsp3) is 1.00. The van der Waals surface area contributed by atoms with E-state index in [-0.39, 0.29) is 25.5 Å². The molecular weight excluding hydrogens is 612 g/mol. The molecule has 0 nitrogen and oxygen atoms in total. The van der Waals surface area contributed by atoms with E-state index in [1.54, 1.807) is 6.16 Å². The Morgan fingerprint density at radius 3 is 1.88 bits per heavy atom. The Labute approximate surface area is 194 Å². The molecule has 0 aromatic carbocycles. The monoisotopic (exact) mass is 650 g/mol. The third-order valence-corrected chi connectivity index (χ3v) is 275. The minimum atomic E-state index is -3.03. The molecule has 0 amide bonds. The molecule has 0 aromatic heterocycles. The van der Waals surface area contributed by atoms with Gasteiger partial charge in [-0.2, -0.15) is 0 Å². The van der Waals surface area contributed by atoms with E-state index in [0.717, 1.165) is 6.57 Å². The van der Waals surface area contributed by atoms with E-state index in [1.807, 2.05) is 0 Å². The van der Waals surface area contributed by atoms with Crippen molar-refractivity contribution in [2.45, 2.75) is 88.5 Å². The molecule has 0 N–H and O–H groups in total. The van der Waals surface area contributed by atoms with Crippen LogP contribution in [0.4, 0.5) is 0 Å². The maximum atomic E-state index is 7.86.